The summed E-state index contributed by atoms with van der Waals surface area (Å²) in [5.41, 5.74) is 2.06. The van der Waals surface area contributed by atoms with E-state index in [0.29, 0.717) is 11.8 Å². The van der Waals surface area contributed by atoms with Crippen molar-refractivity contribution in [3.63, 3.8) is 0 Å². The second kappa shape index (κ2) is 7.48. The Morgan fingerprint density at radius 2 is 2.13 bits per heavy atom. The quantitative estimate of drug-likeness (QED) is 0.244. The van der Waals surface area contributed by atoms with Crippen molar-refractivity contribution in [1.82, 2.24) is 0 Å². The van der Waals surface area contributed by atoms with Crippen LogP contribution >= 0.6 is 0 Å². The molecule has 122 valence electrons. The van der Waals surface area contributed by atoms with Crippen LogP contribution in [0.2, 0.25) is 0 Å². The van der Waals surface area contributed by atoms with E-state index >= 15 is 0 Å². The van der Waals surface area contributed by atoms with Gasteiger partial charge in [-0.2, -0.15) is 5.10 Å². The van der Waals surface area contributed by atoms with Gasteiger partial charge in [0.05, 0.1) is 15.9 Å². The summed E-state index contributed by atoms with van der Waals surface area (Å²) in [5.74, 6) is 1.01. The molecule has 23 heavy (non-hydrogen) atoms. The third-order valence-corrected chi connectivity index (χ3v) is 3.80. The van der Waals surface area contributed by atoms with Gasteiger partial charge < -0.3 is 0 Å². The third-order valence-electron chi connectivity index (χ3n) is 3.80. The highest BCUT2D eigenvalue weighted by Gasteiger charge is 2.34. The lowest BCUT2D eigenvalue weighted by Crippen LogP contribution is -1.99. The number of unbranched alkanes of at least 4 members (excludes halogenated alkanes) is 1. The standard InChI is InChI=1S/C15H18N4O4/c1-2-3-4-5-11-8-12(11)10-16-17-14-7-6-13(18(20)21)9-15(14)19(22)23/h2,6-7,9-12,17H,1,3-5,8H2/b16-10-/t11-,12+/m1/s1. The maximum Gasteiger partial charge on any atom is 0.301 e. The molecule has 1 saturated carbocycles. The van der Waals surface area contributed by atoms with Crippen LogP contribution in [0.1, 0.15) is 25.7 Å². The minimum absolute atomic E-state index is 0.140. The highest BCUT2D eigenvalue weighted by molar-refractivity contribution is 5.69. The number of nitrogens with zero attached hydrogens (tertiary/aromatic N) is 3. The molecule has 1 aliphatic carbocycles. The Balaban J connectivity index is 1.93. The van der Waals surface area contributed by atoms with Crippen LogP contribution in [0.4, 0.5) is 17.1 Å². The van der Waals surface area contributed by atoms with Crippen molar-refractivity contribution in [2.75, 3.05) is 5.43 Å². The van der Waals surface area contributed by atoms with Crippen LogP contribution in [0.3, 0.4) is 0 Å². The van der Waals surface area contributed by atoms with Gasteiger partial charge in [-0.25, -0.2) is 0 Å². The van der Waals surface area contributed by atoms with Gasteiger partial charge in [0.25, 0.3) is 5.69 Å². The molecule has 0 unspecified atom stereocenters. The van der Waals surface area contributed by atoms with Crippen molar-refractivity contribution in [3.05, 3.63) is 51.1 Å². The zero-order valence-corrected chi connectivity index (χ0v) is 12.6. The molecule has 0 bridgehead atoms. The van der Waals surface area contributed by atoms with Crippen LogP contribution in [0.15, 0.2) is 36.0 Å². The Morgan fingerprint density at radius 3 is 2.78 bits per heavy atom. The highest BCUT2D eigenvalue weighted by atomic mass is 16.6. The summed E-state index contributed by atoms with van der Waals surface area (Å²) in [7, 11) is 0. The molecule has 1 N–H and O–H groups in total. The number of anilines is 1. The van der Waals surface area contributed by atoms with Crippen LogP contribution in [0, 0.1) is 32.1 Å². The molecule has 2 atom stereocenters. The molecule has 1 aromatic rings. The minimum atomic E-state index is -0.669. The number of nitro benzene ring substituents is 2. The maximum atomic E-state index is 11.0. The Hall–Kier alpha value is -2.77. The number of nitro groups is 2. The first-order chi connectivity index (χ1) is 11.0. The third kappa shape index (κ3) is 4.60. The van der Waals surface area contributed by atoms with Crippen LogP contribution in [0.25, 0.3) is 0 Å². The van der Waals surface area contributed by atoms with Gasteiger partial charge in [0.1, 0.15) is 5.69 Å². The average Bonchev–Trinajstić information content (AvgIpc) is 3.25. The average molecular weight is 318 g/mol. The number of non-ortho nitro benzene ring substituents is 1. The summed E-state index contributed by atoms with van der Waals surface area (Å²) in [6.45, 7) is 3.69. The number of hydrogen-bond donors (Lipinski definition) is 1. The van der Waals surface area contributed by atoms with Crippen LogP contribution in [0.5, 0.6) is 0 Å². The topological polar surface area (TPSA) is 111 Å². The number of nitrogens with one attached hydrogen (secondary N) is 1. The minimum Gasteiger partial charge on any atom is -0.272 e. The lowest BCUT2D eigenvalue weighted by atomic mass is 10.1. The van der Waals surface area contributed by atoms with E-state index in [1.807, 2.05) is 6.08 Å². The summed E-state index contributed by atoms with van der Waals surface area (Å²) in [4.78, 5) is 20.3. The summed E-state index contributed by atoms with van der Waals surface area (Å²) in [6, 6.07) is 3.43. The Kier molecular flexibility index (Phi) is 5.40. The molecule has 8 heteroatoms. The Bertz CT molecular complexity index is 644. The maximum absolute atomic E-state index is 11.0. The molecular formula is C15H18N4O4. The van der Waals surface area contributed by atoms with Gasteiger partial charge in [0.2, 0.25) is 0 Å². The van der Waals surface area contributed by atoms with Gasteiger partial charge in [-0.05, 0) is 43.6 Å². The molecule has 2 rings (SSSR count). The van der Waals surface area contributed by atoms with Crippen LogP contribution < -0.4 is 5.43 Å². The van der Waals surface area contributed by atoms with Gasteiger partial charge in [0.15, 0.2) is 0 Å². The molecule has 0 spiro atoms. The van der Waals surface area contributed by atoms with Crippen LogP contribution in [-0.4, -0.2) is 16.1 Å². The van der Waals surface area contributed by atoms with Gasteiger partial charge >= 0.3 is 5.69 Å². The Labute approximate surface area is 133 Å². The zero-order valence-electron chi connectivity index (χ0n) is 12.6. The number of benzene rings is 1. The molecule has 0 aromatic heterocycles. The van der Waals surface area contributed by atoms with Gasteiger partial charge in [-0.15, -0.1) is 6.58 Å². The fourth-order valence-corrected chi connectivity index (χ4v) is 2.39. The van der Waals surface area contributed by atoms with E-state index in [0.717, 1.165) is 31.7 Å². The monoisotopic (exact) mass is 318 g/mol. The Morgan fingerprint density at radius 1 is 1.35 bits per heavy atom. The first-order valence-corrected chi connectivity index (χ1v) is 7.36. The van der Waals surface area contributed by atoms with E-state index in [9.17, 15) is 20.2 Å². The van der Waals surface area contributed by atoms with Crippen molar-refractivity contribution in [2.45, 2.75) is 25.7 Å². The number of allylic oxidation sites excluding steroid dienone is 1. The van der Waals surface area contributed by atoms with Crippen LogP contribution in [-0.2, 0) is 0 Å². The van der Waals surface area contributed by atoms with E-state index in [4.69, 9.17) is 0 Å². The predicted octanol–water partition coefficient (Wildman–Crippen LogP) is 3.89. The molecule has 1 fully saturated rings. The van der Waals surface area contributed by atoms with E-state index < -0.39 is 9.85 Å². The SMILES string of the molecule is C=CCCC[C@@H]1C[C@H]1/C=N\Nc1ccc([N+](=O)[O-])cc1[N+](=O)[O-]. The van der Waals surface area contributed by atoms with E-state index in [-0.39, 0.29) is 17.1 Å². The molecule has 1 aromatic carbocycles. The lowest BCUT2D eigenvalue weighted by Gasteiger charge is -2.01. The van der Waals surface area contributed by atoms with E-state index in [1.54, 1.807) is 6.21 Å². The number of hydrazone groups is 1. The molecule has 0 saturated heterocycles. The number of hydrogen-bond acceptors (Lipinski definition) is 6. The lowest BCUT2D eigenvalue weighted by molar-refractivity contribution is -0.393. The van der Waals surface area contributed by atoms with E-state index in [2.05, 4.69) is 17.1 Å². The summed E-state index contributed by atoms with van der Waals surface area (Å²) in [5, 5.41) is 25.7. The smallest absolute Gasteiger partial charge is 0.272 e. The molecule has 0 amide bonds. The van der Waals surface area contributed by atoms with Crippen molar-refractivity contribution >= 4 is 23.3 Å². The summed E-state index contributed by atoms with van der Waals surface area (Å²) in [6.07, 6.45) is 7.98. The van der Waals surface area contributed by atoms with Crippen molar-refractivity contribution in [1.29, 1.82) is 0 Å². The van der Waals surface area contributed by atoms with Crippen molar-refractivity contribution in [3.8, 4) is 0 Å². The van der Waals surface area contributed by atoms with Crippen molar-refractivity contribution in [2.24, 2.45) is 16.9 Å². The second-order valence-corrected chi connectivity index (χ2v) is 5.48. The molecule has 0 radical (unpaired) electrons. The fourth-order valence-electron chi connectivity index (χ4n) is 2.39. The normalized spacial score (nSPS) is 19.5. The van der Waals surface area contributed by atoms with Gasteiger partial charge in [0, 0.05) is 12.3 Å². The number of rotatable bonds is 9. The molecule has 0 aliphatic heterocycles. The molecule has 1 aliphatic rings. The zero-order chi connectivity index (χ0) is 16.8. The second-order valence-electron chi connectivity index (χ2n) is 5.48. The highest BCUT2D eigenvalue weighted by Crippen LogP contribution is 2.41. The van der Waals surface area contributed by atoms with Gasteiger partial charge in [-0.3, -0.25) is 25.7 Å². The van der Waals surface area contributed by atoms with E-state index in [1.165, 1.54) is 12.1 Å². The largest absolute Gasteiger partial charge is 0.301 e. The first-order valence-electron chi connectivity index (χ1n) is 7.36. The van der Waals surface area contributed by atoms with Gasteiger partial charge in [-0.1, -0.05) is 6.08 Å². The van der Waals surface area contributed by atoms with Crippen molar-refractivity contribution < 1.29 is 9.85 Å². The fraction of sp³-hybridized carbons (Fsp3) is 0.400. The summed E-state index contributed by atoms with van der Waals surface area (Å²) < 4.78 is 0. The molecular weight excluding hydrogens is 300 g/mol. The molecule has 8 nitrogen and oxygen atoms in total. The summed E-state index contributed by atoms with van der Waals surface area (Å²) >= 11 is 0. The molecule has 0 heterocycles. The predicted molar refractivity (Wildman–Crippen MR) is 87.5 cm³/mol. The first kappa shape index (κ1) is 16.6.